The molecular weight excluding hydrogens is 266 g/mol. The van der Waals surface area contributed by atoms with E-state index in [0.717, 1.165) is 24.9 Å². The minimum Gasteiger partial charge on any atom is -0.326 e. The monoisotopic (exact) mass is 289 g/mol. The number of amides is 2. The topological polar surface area (TPSA) is 84.2 Å². The zero-order valence-electron chi connectivity index (χ0n) is 12.6. The molecule has 1 fully saturated rings. The standard InChI is InChI=1S/C16H23N3O2/c1-3-10(2)14(17)16(21)19-13-8-6-12(7-9-13)18-15(20)11-4-5-11/h6-11,14H,3-5,17H2,1-2H3,(H,18,20)(H,19,21). The predicted octanol–water partition coefficient (Wildman–Crippen LogP) is 2.35. The van der Waals surface area contributed by atoms with E-state index < -0.39 is 6.04 Å². The van der Waals surface area contributed by atoms with Gasteiger partial charge in [0, 0.05) is 17.3 Å². The number of carbonyl (C=O) groups is 2. The number of anilines is 2. The molecule has 1 aromatic rings. The number of nitrogens with one attached hydrogen (secondary N) is 2. The second-order valence-electron chi connectivity index (χ2n) is 5.74. The van der Waals surface area contributed by atoms with Crippen molar-refractivity contribution in [2.24, 2.45) is 17.6 Å². The average molecular weight is 289 g/mol. The Balaban J connectivity index is 1.89. The molecule has 0 saturated heterocycles. The van der Waals surface area contributed by atoms with E-state index in [1.807, 2.05) is 13.8 Å². The molecule has 1 aliphatic carbocycles. The van der Waals surface area contributed by atoms with Crippen LogP contribution in [-0.2, 0) is 9.59 Å². The van der Waals surface area contributed by atoms with Crippen LogP contribution in [-0.4, -0.2) is 17.9 Å². The molecule has 1 saturated carbocycles. The van der Waals surface area contributed by atoms with E-state index in [0.29, 0.717) is 5.69 Å². The second-order valence-corrected chi connectivity index (χ2v) is 5.74. The molecule has 0 aliphatic heterocycles. The molecular formula is C16H23N3O2. The lowest BCUT2D eigenvalue weighted by molar-refractivity contribution is -0.118. The summed E-state index contributed by atoms with van der Waals surface area (Å²) in [5.74, 6) is 0.213. The maximum atomic E-state index is 12.0. The van der Waals surface area contributed by atoms with Gasteiger partial charge in [0.25, 0.3) is 0 Å². The molecule has 5 heteroatoms. The Bertz CT molecular complexity index is 509. The molecule has 114 valence electrons. The van der Waals surface area contributed by atoms with Crippen LogP contribution >= 0.6 is 0 Å². The van der Waals surface area contributed by atoms with Gasteiger partial charge in [0.1, 0.15) is 0 Å². The summed E-state index contributed by atoms with van der Waals surface area (Å²) in [5, 5.41) is 5.65. The Hall–Kier alpha value is -1.88. The van der Waals surface area contributed by atoms with Gasteiger partial charge in [0.2, 0.25) is 11.8 Å². The van der Waals surface area contributed by atoms with Crippen molar-refractivity contribution in [1.82, 2.24) is 0 Å². The number of hydrogen-bond acceptors (Lipinski definition) is 3. The largest absolute Gasteiger partial charge is 0.326 e. The van der Waals surface area contributed by atoms with Gasteiger partial charge in [0.05, 0.1) is 6.04 Å². The first-order valence-corrected chi connectivity index (χ1v) is 7.48. The van der Waals surface area contributed by atoms with Gasteiger partial charge < -0.3 is 16.4 Å². The molecule has 2 unspecified atom stereocenters. The molecule has 2 amide bonds. The Morgan fingerprint density at radius 1 is 1.19 bits per heavy atom. The van der Waals surface area contributed by atoms with Gasteiger partial charge in [-0.1, -0.05) is 20.3 Å². The predicted molar refractivity (Wildman–Crippen MR) is 83.9 cm³/mol. The highest BCUT2D eigenvalue weighted by Crippen LogP contribution is 2.30. The summed E-state index contributed by atoms with van der Waals surface area (Å²) in [6.45, 7) is 3.97. The normalized spacial score (nSPS) is 16.9. The number of rotatable bonds is 6. The maximum Gasteiger partial charge on any atom is 0.241 e. The van der Waals surface area contributed by atoms with Crippen LogP contribution < -0.4 is 16.4 Å². The van der Waals surface area contributed by atoms with Crippen LogP contribution in [0.5, 0.6) is 0 Å². The first kappa shape index (κ1) is 15.5. The summed E-state index contributed by atoms with van der Waals surface area (Å²) >= 11 is 0. The molecule has 0 heterocycles. The summed E-state index contributed by atoms with van der Waals surface area (Å²) in [6.07, 6.45) is 2.82. The molecule has 0 aromatic heterocycles. The van der Waals surface area contributed by atoms with Crippen LogP contribution in [0.25, 0.3) is 0 Å². The molecule has 5 nitrogen and oxygen atoms in total. The molecule has 1 aliphatic rings. The second kappa shape index (κ2) is 6.72. The SMILES string of the molecule is CCC(C)C(N)C(=O)Nc1ccc(NC(=O)C2CC2)cc1. The van der Waals surface area contributed by atoms with Crippen LogP contribution in [0.4, 0.5) is 11.4 Å². The molecule has 4 N–H and O–H groups in total. The molecule has 2 atom stereocenters. The molecule has 0 spiro atoms. The van der Waals surface area contributed by atoms with E-state index in [9.17, 15) is 9.59 Å². The van der Waals surface area contributed by atoms with Crippen LogP contribution in [0.15, 0.2) is 24.3 Å². The Morgan fingerprint density at radius 3 is 2.19 bits per heavy atom. The van der Waals surface area contributed by atoms with Crippen molar-refractivity contribution in [2.45, 2.75) is 39.2 Å². The van der Waals surface area contributed by atoms with Crippen molar-refractivity contribution in [3.8, 4) is 0 Å². The first-order valence-electron chi connectivity index (χ1n) is 7.48. The lowest BCUT2D eigenvalue weighted by atomic mass is 9.99. The minimum atomic E-state index is -0.510. The van der Waals surface area contributed by atoms with Crippen LogP contribution in [0.2, 0.25) is 0 Å². The van der Waals surface area contributed by atoms with E-state index in [-0.39, 0.29) is 23.7 Å². The molecule has 0 radical (unpaired) electrons. The lowest BCUT2D eigenvalue weighted by Crippen LogP contribution is -2.40. The van der Waals surface area contributed by atoms with Crippen molar-refractivity contribution in [2.75, 3.05) is 10.6 Å². The van der Waals surface area contributed by atoms with Crippen LogP contribution in [0.3, 0.4) is 0 Å². The summed E-state index contributed by atoms with van der Waals surface area (Å²) < 4.78 is 0. The average Bonchev–Trinajstić information content (AvgIpc) is 3.32. The number of nitrogens with two attached hydrogens (primary N) is 1. The van der Waals surface area contributed by atoms with E-state index >= 15 is 0 Å². The molecule has 1 aromatic carbocycles. The van der Waals surface area contributed by atoms with Crippen molar-refractivity contribution in [3.05, 3.63) is 24.3 Å². The number of carbonyl (C=O) groups excluding carboxylic acids is 2. The van der Waals surface area contributed by atoms with E-state index in [2.05, 4.69) is 10.6 Å². The lowest BCUT2D eigenvalue weighted by Gasteiger charge is -2.17. The fourth-order valence-electron chi connectivity index (χ4n) is 1.96. The van der Waals surface area contributed by atoms with Gasteiger partial charge in [0.15, 0.2) is 0 Å². The van der Waals surface area contributed by atoms with Crippen molar-refractivity contribution >= 4 is 23.2 Å². The van der Waals surface area contributed by atoms with Crippen LogP contribution in [0, 0.1) is 11.8 Å². The van der Waals surface area contributed by atoms with E-state index in [1.54, 1.807) is 24.3 Å². The molecule has 0 bridgehead atoms. The third kappa shape index (κ3) is 4.29. The third-order valence-corrected chi connectivity index (χ3v) is 3.93. The summed E-state index contributed by atoms with van der Waals surface area (Å²) in [4.78, 5) is 23.6. The smallest absolute Gasteiger partial charge is 0.241 e. The Kier molecular flexibility index (Phi) is 4.96. The summed E-state index contributed by atoms with van der Waals surface area (Å²) in [7, 11) is 0. The van der Waals surface area contributed by atoms with Gasteiger partial charge in [-0.25, -0.2) is 0 Å². The van der Waals surface area contributed by atoms with Gasteiger partial charge in [-0.3, -0.25) is 9.59 Å². The molecule has 21 heavy (non-hydrogen) atoms. The van der Waals surface area contributed by atoms with Gasteiger partial charge >= 0.3 is 0 Å². The summed E-state index contributed by atoms with van der Waals surface area (Å²) in [5.41, 5.74) is 7.32. The third-order valence-electron chi connectivity index (χ3n) is 3.93. The Labute approximate surface area is 125 Å². The maximum absolute atomic E-state index is 12.0. The summed E-state index contributed by atoms with van der Waals surface area (Å²) in [6, 6.07) is 6.59. The van der Waals surface area contributed by atoms with Crippen LogP contribution in [0.1, 0.15) is 33.1 Å². The highest BCUT2D eigenvalue weighted by atomic mass is 16.2. The minimum absolute atomic E-state index is 0.0746. The zero-order chi connectivity index (χ0) is 15.4. The fraction of sp³-hybridized carbons (Fsp3) is 0.500. The highest BCUT2D eigenvalue weighted by molar-refractivity contribution is 5.96. The van der Waals surface area contributed by atoms with E-state index in [4.69, 9.17) is 5.73 Å². The van der Waals surface area contributed by atoms with Crippen molar-refractivity contribution in [1.29, 1.82) is 0 Å². The van der Waals surface area contributed by atoms with Crippen molar-refractivity contribution < 1.29 is 9.59 Å². The number of hydrogen-bond donors (Lipinski definition) is 3. The quantitative estimate of drug-likeness (QED) is 0.751. The van der Waals surface area contributed by atoms with Gasteiger partial charge in [-0.2, -0.15) is 0 Å². The van der Waals surface area contributed by atoms with Gasteiger partial charge in [-0.05, 0) is 43.0 Å². The fourth-order valence-corrected chi connectivity index (χ4v) is 1.96. The highest BCUT2D eigenvalue weighted by Gasteiger charge is 2.29. The van der Waals surface area contributed by atoms with Gasteiger partial charge in [-0.15, -0.1) is 0 Å². The van der Waals surface area contributed by atoms with Crippen molar-refractivity contribution in [3.63, 3.8) is 0 Å². The van der Waals surface area contributed by atoms with E-state index in [1.165, 1.54) is 0 Å². The molecule has 2 rings (SSSR count). The zero-order valence-corrected chi connectivity index (χ0v) is 12.6. The first-order chi connectivity index (χ1) is 10.0. The number of benzene rings is 1. The Morgan fingerprint density at radius 2 is 1.71 bits per heavy atom.